The third kappa shape index (κ3) is 8.08. The molecule has 0 atom stereocenters. The van der Waals surface area contributed by atoms with Gasteiger partial charge in [-0.3, -0.25) is 4.79 Å². The minimum absolute atomic E-state index is 0.0667. The Labute approximate surface area is 230 Å². The van der Waals surface area contributed by atoms with Crippen molar-refractivity contribution < 1.29 is 14.3 Å². The van der Waals surface area contributed by atoms with E-state index in [1.54, 1.807) is 24.4 Å². The normalized spacial score (nSPS) is 14.4. The van der Waals surface area contributed by atoms with Gasteiger partial charge in [-0.05, 0) is 43.8 Å². The number of rotatable bonds is 11. The second-order valence-corrected chi connectivity index (χ2v) is 10.5. The van der Waals surface area contributed by atoms with Crippen molar-refractivity contribution >= 4 is 46.5 Å². The second kappa shape index (κ2) is 13.8. The quantitative estimate of drug-likeness (QED) is 0.236. The van der Waals surface area contributed by atoms with Crippen LogP contribution >= 0.6 is 23.4 Å². The summed E-state index contributed by atoms with van der Waals surface area (Å²) in [5.41, 5.74) is 1.84. The number of likely N-dealkylation sites (N-methyl/N-ethyl adjacent to an activating group) is 1. The van der Waals surface area contributed by atoms with Crippen LogP contribution in [0, 0.1) is 5.82 Å². The van der Waals surface area contributed by atoms with Gasteiger partial charge in [0.2, 0.25) is 5.91 Å². The van der Waals surface area contributed by atoms with Crippen LogP contribution in [0.1, 0.15) is 12.8 Å². The summed E-state index contributed by atoms with van der Waals surface area (Å²) in [6.07, 6.45) is 2.58. The van der Waals surface area contributed by atoms with E-state index in [1.165, 1.54) is 30.0 Å². The topological polar surface area (TPSA) is 107 Å². The van der Waals surface area contributed by atoms with Gasteiger partial charge in [0.25, 0.3) is 0 Å². The van der Waals surface area contributed by atoms with Crippen molar-refractivity contribution in [1.29, 1.82) is 0 Å². The van der Waals surface area contributed by atoms with Gasteiger partial charge < -0.3 is 25.5 Å². The Morgan fingerprint density at radius 3 is 2.76 bits per heavy atom. The summed E-state index contributed by atoms with van der Waals surface area (Å²) in [7, 11) is 2.10. The smallest absolute Gasteiger partial charge is 0.226 e. The number of hydrogen-bond acceptors (Lipinski definition) is 9. The number of hydrogen-bond donors (Lipinski definition) is 3. The van der Waals surface area contributed by atoms with Crippen molar-refractivity contribution in [2.75, 3.05) is 62.8 Å². The largest absolute Gasteiger partial charge is 0.396 e. The Bertz CT molecular complexity index is 1240. The maximum atomic E-state index is 14.5. The van der Waals surface area contributed by atoms with E-state index in [1.807, 2.05) is 0 Å². The van der Waals surface area contributed by atoms with Crippen LogP contribution in [0.15, 0.2) is 47.6 Å². The highest BCUT2D eigenvalue weighted by Gasteiger charge is 2.16. The third-order valence-electron chi connectivity index (χ3n) is 6.06. The number of piperazine rings is 1. The molecule has 0 spiro atoms. The Balaban J connectivity index is 1.47. The van der Waals surface area contributed by atoms with E-state index in [0.29, 0.717) is 58.1 Å². The molecule has 1 saturated heterocycles. The van der Waals surface area contributed by atoms with Gasteiger partial charge in [-0.25, -0.2) is 9.37 Å². The fraction of sp³-hybridized carbons (Fsp3) is 0.385. The Morgan fingerprint density at radius 1 is 1.16 bits per heavy atom. The molecule has 2 aromatic heterocycles. The number of benzene rings is 1. The molecule has 1 aromatic carbocycles. The molecule has 1 aliphatic rings. The predicted octanol–water partition coefficient (Wildman–Crippen LogP) is 4.13. The number of nitrogens with one attached hydrogen (secondary N) is 2. The molecule has 4 rings (SSSR count). The van der Waals surface area contributed by atoms with E-state index in [9.17, 15) is 9.18 Å². The molecule has 9 nitrogen and oxygen atoms in total. The van der Waals surface area contributed by atoms with E-state index < -0.39 is 5.82 Å². The lowest BCUT2D eigenvalue weighted by atomic mass is 10.1. The van der Waals surface area contributed by atoms with Crippen LogP contribution in [0.3, 0.4) is 0 Å². The van der Waals surface area contributed by atoms with Crippen LogP contribution in [0.25, 0.3) is 11.3 Å². The molecule has 0 saturated carbocycles. The van der Waals surface area contributed by atoms with Crippen LogP contribution in [0.5, 0.6) is 0 Å². The SMILES string of the molecule is CN1CCN(CCC(=O)Nc2cc(Nc3cc(-c4cc(Cl)ccc4F)nnc3SCCCO)ccn2)CC1. The second-order valence-electron chi connectivity index (χ2n) is 9.00. The highest BCUT2D eigenvalue weighted by Crippen LogP contribution is 2.33. The molecule has 0 radical (unpaired) electrons. The summed E-state index contributed by atoms with van der Waals surface area (Å²) >= 11 is 7.51. The zero-order valence-corrected chi connectivity index (χ0v) is 22.7. The summed E-state index contributed by atoms with van der Waals surface area (Å²) in [5.74, 6) is 0.505. The van der Waals surface area contributed by atoms with E-state index in [-0.39, 0.29) is 18.1 Å². The van der Waals surface area contributed by atoms with Gasteiger partial charge in [-0.2, -0.15) is 0 Å². The molecule has 12 heteroatoms. The standard InChI is InChI=1S/C26H31ClFN7O2S/c1-34-9-11-35(12-10-34)8-6-25(37)31-24-16-19(5-7-29-24)30-23-17-22(20-15-18(27)3-4-21(20)28)32-33-26(23)38-14-2-13-36/h3-5,7,15-17,36H,2,6,8-14H2,1H3,(H2,29,30,31,32,37). The van der Waals surface area contributed by atoms with Gasteiger partial charge in [-0.15, -0.1) is 22.0 Å². The number of carbonyl (C=O) groups excluding carboxylic acids is 1. The van der Waals surface area contributed by atoms with Crippen molar-refractivity contribution in [2.45, 2.75) is 17.9 Å². The lowest BCUT2D eigenvalue weighted by Gasteiger charge is -2.32. The average Bonchev–Trinajstić information content (AvgIpc) is 2.91. The summed E-state index contributed by atoms with van der Waals surface area (Å²) in [6.45, 7) is 4.70. The monoisotopic (exact) mass is 559 g/mol. The van der Waals surface area contributed by atoms with Gasteiger partial charge in [0.1, 0.15) is 16.7 Å². The minimum Gasteiger partial charge on any atom is -0.396 e. The van der Waals surface area contributed by atoms with E-state index in [4.69, 9.17) is 16.7 Å². The summed E-state index contributed by atoms with van der Waals surface area (Å²) in [4.78, 5) is 21.4. The van der Waals surface area contributed by atoms with Crippen molar-refractivity contribution in [3.8, 4) is 11.3 Å². The summed E-state index contributed by atoms with van der Waals surface area (Å²) in [5, 5.41) is 24.8. The molecule has 1 fully saturated rings. The number of pyridine rings is 1. The summed E-state index contributed by atoms with van der Waals surface area (Å²) in [6, 6.07) is 9.48. The molecule has 3 heterocycles. The van der Waals surface area contributed by atoms with Crippen LogP contribution in [0.2, 0.25) is 5.02 Å². The molecule has 38 heavy (non-hydrogen) atoms. The molecule has 3 aromatic rings. The molecule has 0 bridgehead atoms. The Hall–Kier alpha value is -2.83. The fourth-order valence-electron chi connectivity index (χ4n) is 3.90. The van der Waals surface area contributed by atoms with Gasteiger partial charge in [0.05, 0.1) is 11.4 Å². The first-order valence-corrected chi connectivity index (χ1v) is 13.8. The van der Waals surface area contributed by atoms with Crippen LogP contribution in [-0.2, 0) is 4.79 Å². The molecule has 1 amide bonds. The first-order chi connectivity index (χ1) is 18.4. The number of aliphatic hydroxyl groups is 1. The predicted molar refractivity (Wildman–Crippen MR) is 150 cm³/mol. The fourth-order valence-corrected chi connectivity index (χ4v) is 4.91. The van der Waals surface area contributed by atoms with Gasteiger partial charge in [-0.1, -0.05) is 11.6 Å². The number of amides is 1. The highest BCUT2D eigenvalue weighted by atomic mass is 35.5. The number of anilines is 3. The van der Waals surface area contributed by atoms with Gasteiger partial charge in [0.15, 0.2) is 0 Å². The summed E-state index contributed by atoms with van der Waals surface area (Å²) < 4.78 is 14.5. The van der Waals surface area contributed by atoms with Gasteiger partial charge >= 0.3 is 0 Å². The highest BCUT2D eigenvalue weighted by molar-refractivity contribution is 7.99. The number of aromatic nitrogens is 3. The third-order valence-corrected chi connectivity index (χ3v) is 7.37. The average molecular weight is 560 g/mol. The zero-order chi connectivity index (χ0) is 26.9. The first kappa shape index (κ1) is 28.2. The maximum absolute atomic E-state index is 14.5. The molecule has 0 aliphatic carbocycles. The van der Waals surface area contributed by atoms with Crippen LogP contribution in [-0.4, -0.2) is 88.1 Å². The van der Waals surface area contributed by atoms with Crippen molar-refractivity contribution in [2.24, 2.45) is 0 Å². The lowest BCUT2D eigenvalue weighted by molar-refractivity contribution is -0.116. The maximum Gasteiger partial charge on any atom is 0.226 e. The molecule has 0 unspecified atom stereocenters. The van der Waals surface area contributed by atoms with Gasteiger partial charge in [0, 0.05) is 80.0 Å². The Morgan fingerprint density at radius 2 is 1.97 bits per heavy atom. The number of halogens is 2. The van der Waals surface area contributed by atoms with Crippen LogP contribution < -0.4 is 10.6 Å². The lowest BCUT2D eigenvalue weighted by Crippen LogP contribution is -2.45. The Kier molecular flexibility index (Phi) is 10.2. The van der Waals surface area contributed by atoms with E-state index in [0.717, 1.165) is 26.2 Å². The minimum atomic E-state index is -0.458. The number of aliphatic hydroxyl groups excluding tert-OH is 1. The molecule has 1 aliphatic heterocycles. The zero-order valence-electron chi connectivity index (χ0n) is 21.2. The number of carbonyl (C=O) groups is 1. The molecular formula is C26H31ClFN7O2S. The van der Waals surface area contributed by atoms with Crippen molar-refractivity contribution in [3.63, 3.8) is 0 Å². The molecule has 3 N–H and O–H groups in total. The number of nitrogens with zero attached hydrogens (tertiary/aromatic N) is 5. The van der Waals surface area contributed by atoms with E-state index in [2.05, 4.69) is 42.7 Å². The van der Waals surface area contributed by atoms with E-state index >= 15 is 0 Å². The van der Waals surface area contributed by atoms with Crippen molar-refractivity contribution in [3.05, 3.63) is 53.4 Å². The molecule has 202 valence electrons. The van der Waals surface area contributed by atoms with Crippen molar-refractivity contribution in [1.82, 2.24) is 25.0 Å². The first-order valence-electron chi connectivity index (χ1n) is 12.4. The number of thioether (sulfide) groups is 1. The molecular weight excluding hydrogens is 529 g/mol. The van der Waals surface area contributed by atoms with Crippen LogP contribution in [0.4, 0.5) is 21.6 Å².